The third kappa shape index (κ3) is 3.32. The summed E-state index contributed by atoms with van der Waals surface area (Å²) in [6, 6.07) is 7.44. The van der Waals surface area contributed by atoms with Crippen molar-refractivity contribution >= 4 is 0 Å². The highest BCUT2D eigenvalue weighted by atomic mass is 14.9. The molecule has 1 unspecified atom stereocenters. The Morgan fingerprint density at radius 2 is 2.06 bits per heavy atom. The Bertz CT molecular complexity index is 366. The number of hydrogen-bond acceptors (Lipinski definition) is 1. The Morgan fingerprint density at radius 1 is 1.29 bits per heavy atom. The van der Waals surface area contributed by atoms with Crippen molar-refractivity contribution < 1.29 is 0 Å². The summed E-state index contributed by atoms with van der Waals surface area (Å²) >= 11 is 0. The Morgan fingerprint density at radius 3 is 2.71 bits per heavy atom. The zero-order chi connectivity index (χ0) is 12.3. The zero-order valence-corrected chi connectivity index (χ0v) is 11.4. The fourth-order valence-electron chi connectivity index (χ4n) is 2.66. The Hall–Kier alpha value is -0.820. The molecule has 1 nitrogen and oxygen atoms in total. The molecule has 17 heavy (non-hydrogen) atoms. The van der Waals surface area contributed by atoms with Crippen molar-refractivity contribution in [3.63, 3.8) is 0 Å². The van der Waals surface area contributed by atoms with E-state index in [0.717, 1.165) is 18.5 Å². The lowest BCUT2D eigenvalue weighted by Crippen LogP contribution is -2.31. The van der Waals surface area contributed by atoms with Crippen molar-refractivity contribution in [3.05, 3.63) is 34.9 Å². The van der Waals surface area contributed by atoms with Crippen molar-refractivity contribution in [1.29, 1.82) is 0 Å². The Balaban J connectivity index is 1.93. The summed E-state index contributed by atoms with van der Waals surface area (Å²) < 4.78 is 0. The lowest BCUT2D eigenvalue weighted by Gasteiger charge is -2.18. The number of benzene rings is 1. The van der Waals surface area contributed by atoms with Gasteiger partial charge in [-0.1, -0.05) is 25.1 Å². The molecule has 1 heteroatoms. The first kappa shape index (κ1) is 12.6. The zero-order valence-electron chi connectivity index (χ0n) is 11.4. The van der Waals surface area contributed by atoms with Gasteiger partial charge in [0.2, 0.25) is 0 Å². The van der Waals surface area contributed by atoms with Gasteiger partial charge in [0.05, 0.1) is 0 Å². The topological polar surface area (TPSA) is 12.0 Å². The van der Waals surface area contributed by atoms with Gasteiger partial charge in [0.25, 0.3) is 0 Å². The van der Waals surface area contributed by atoms with Gasteiger partial charge in [-0.25, -0.2) is 0 Å². The van der Waals surface area contributed by atoms with E-state index >= 15 is 0 Å². The van der Waals surface area contributed by atoms with Crippen molar-refractivity contribution in [2.24, 2.45) is 5.92 Å². The SMILES string of the molecule is CCNC(CCc1cccc(C)c1C)C1CC1. The lowest BCUT2D eigenvalue weighted by molar-refractivity contribution is 0.446. The van der Waals surface area contributed by atoms with Crippen LogP contribution >= 0.6 is 0 Å². The smallest absolute Gasteiger partial charge is 0.00983 e. The van der Waals surface area contributed by atoms with Crippen molar-refractivity contribution in [3.8, 4) is 0 Å². The average molecular weight is 231 g/mol. The molecule has 0 amide bonds. The van der Waals surface area contributed by atoms with Gasteiger partial charge < -0.3 is 5.32 Å². The van der Waals surface area contributed by atoms with E-state index in [1.165, 1.54) is 42.4 Å². The molecule has 0 aromatic heterocycles. The molecule has 0 heterocycles. The second kappa shape index (κ2) is 5.68. The van der Waals surface area contributed by atoms with Crippen LogP contribution in [0.15, 0.2) is 18.2 Å². The van der Waals surface area contributed by atoms with Crippen LogP contribution in [0, 0.1) is 19.8 Å². The Labute approximate surface area is 106 Å². The molecule has 0 saturated heterocycles. The normalized spacial score (nSPS) is 17.1. The molecule has 1 saturated carbocycles. The number of rotatable bonds is 6. The third-order valence-electron chi connectivity index (χ3n) is 4.10. The van der Waals surface area contributed by atoms with E-state index in [-0.39, 0.29) is 0 Å². The maximum atomic E-state index is 3.65. The molecule has 1 atom stereocenters. The van der Waals surface area contributed by atoms with Gasteiger partial charge in [0.15, 0.2) is 0 Å². The van der Waals surface area contributed by atoms with Crippen LogP contribution in [0.4, 0.5) is 0 Å². The fourth-order valence-corrected chi connectivity index (χ4v) is 2.66. The molecule has 0 radical (unpaired) electrons. The average Bonchev–Trinajstić information content (AvgIpc) is 3.13. The molecule has 2 rings (SSSR count). The predicted octanol–water partition coefficient (Wildman–Crippen LogP) is 3.62. The Kier molecular flexibility index (Phi) is 4.22. The molecule has 0 spiro atoms. The summed E-state index contributed by atoms with van der Waals surface area (Å²) in [5, 5.41) is 3.65. The molecule has 94 valence electrons. The van der Waals surface area contributed by atoms with E-state index in [2.05, 4.69) is 44.3 Å². The van der Waals surface area contributed by atoms with E-state index < -0.39 is 0 Å². The summed E-state index contributed by atoms with van der Waals surface area (Å²) in [6.45, 7) is 7.78. The van der Waals surface area contributed by atoms with Crippen molar-refractivity contribution in [2.75, 3.05) is 6.54 Å². The highest BCUT2D eigenvalue weighted by Crippen LogP contribution is 2.34. The maximum absolute atomic E-state index is 3.65. The second-order valence-corrected chi connectivity index (χ2v) is 5.40. The van der Waals surface area contributed by atoms with Gasteiger partial charge in [-0.05, 0) is 68.7 Å². The van der Waals surface area contributed by atoms with E-state index in [4.69, 9.17) is 0 Å². The summed E-state index contributed by atoms with van der Waals surface area (Å²) in [7, 11) is 0. The highest BCUT2D eigenvalue weighted by Gasteiger charge is 2.30. The molecule has 1 fully saturated rings. The molecule has 0 bridgehead atoms. The van der Waals surface area contributed by atoms with Gasteiger partial charge in [-0.3, -0.25) is 0 Å². The van der Waals surface area contributed by atoms with Crippen LogP contribution in [0.5, 0.6) is 0 Å². The number of aryl methyl sites for hydroxylation is 2. The van der Waals surface area contributed by atoms with E-state index in [9.17, 15) is 0 Å². The lowest BCUT2D eigenvalue weighted by atomic mass is 9.96. The maximum Gasteiger partial charge on any atom is 0.00983 e. The van der Waals surface area contributed by atoms with Crippen LogP contribution in [0.2, 0.25) is 0 Å². The summed E-state index contributed by atoms with van der Waals surface area (Å²) in [5.74, 6) is 0.958. The molecule has 0 aliphatic heterocycles. The number of nitrogens with one attached hydrogen (secondary N) is 1. The monoisotopic (exact) mass is 231 g/mol. The van der Waals surface area contributed by atoms with Gasteiger partial charge >= 0.3 is 0 Å². The largest absolute Gasteiger partial charge is 0.314 e. The van der Waals surface area contributed by atoms with Crippen LogP contribution in [0.25, 0.3) is 0 Å². The first-order valence-corrected chi connectivity index (χ1v) is 7.00. The summed E-state index contributed by atoms with van der Waals surface area (Å²) in [5.41, 5.74) is 4.45. The molecular weight excluding hydrogens is 206 g/mol. The highest BCUT2D eigenvalue weighted by molar-refractivity contribution is 5.33. The van der Waals surface area contributed by atoms with Crippen molar-refractivity contribution in [2.45, 2.75) is 52.5 Å². The van der Waals surface area contributed by atoms with Crippen LogP contribution in [0.3, 0.4) is 0 Å². The van der Waals surface area contributed by atoms with Crippen LogP contribution in [-0.2, 0) is 6.42 Å². The van der Waals surface area contributed by atoms with Gasteiger partial charge in [0, 0.05) is 6.04 Å². The number of hydrogen-bond donors (Lipinski definition) is 1. The first-order chi connectivity index (χ1) is 8.22. The summed E-state index contributed by atoms with van der Waals surface area (Å²) in [4.78, 5) is 0. The summed E-state index contributed by atoms with van der Waals surface area (Å²) in [6.07, 6.45) is 5.39. The van der Waals surface area contributed by atoms with Crippen LogP contribution in [0.1, 0.15) is 42.9 Å². The minimum Gasteiger partial charge on any atom is -0.314 e. The van der Waals surface area contributed by atoms with E-state index in [0.29, 0.717) is 0 Å². The van der Waals surface area contributed by atoms with Crippen molar-refractivity contribution in [1.82, 2.24) is 5.32 Å². The third-order valence-corrected chi connectivity index (χ3v) is 4.10. The standard InChI is InChI=1S/C16H25N/c1-4-17-16(15-8-9-15)11-10-14-7-5-6-12(2)13(14)3/h5-7,15-17H,4,8-11H2,1-3H3. The quantitative estimate of drug-likeness (QED) is 0.788. The fraction of sp³-hybridized carbons (Fsp3) is 0.625. The van der Waals surface area contributed by atoms with Gasteiger partial charge in [0.1, 0.15) is 0 Å². The molecule has 1 aliphatic carbocycles. The van der Waals surface area contributed by atoms with E-state index in [1.54, 1.807) is 0 Å². The minimum absolute atomic E-state index is 0.750. The van der Waals surface area contributed by atoms with Gasteiger partial charge in [-0.2, -0.15) is 0 Å². The minimum atomic E-state index is 0.750. The molecule has 1 aromatic rings. The molecular formula is C16H25N. The molecule has 1 aliphatic rings. The predicted molar refractivity (Wildman–Crippen MR) is 74.4 cm³/mol. The molecule has 1 aromatic carbocycles. The first-order valence-electron chi connectivity index (χ1n) is 7.00. The van der Waals surface area contributed by atoms with Crippen LogP contribution < -0.4 is 5.32 Å². The van der Waals surface area contributed by atoms with Gasteiger partial charge in [-0.15, -0.1) is 0 Å². The molecule has 1 N–H and O–H groups in total. The van der Waals surface area contributed by atoms with Crippen LogP contribution in [-0.4, -0.2) is 12.6 Å². The second-order valence-electron chi connectivity index (χ2n) is 5.40. The van der Waals surface area contributed by atoms with E-state index in [1.807, 2.05) is 0 Å².